The molecule has 1 aliphatic rings. The van der Waals surface area contributed by atoms with E-state index >= 15 is 0 Å². The molecule has 2 amide bonds. The summed E-state index contributed by atoms with van der Waals surface area (Å²) in [7, 11) is 0. The van der Waals surface area contributed by atoms with Gasteiger partial charge in [0.05, 0.1) is 17.9 Å². The predicted molar refractivity (Wildman–Crippen MR) is 101 cm³/mol. The molecule has 3 rings (SSSR count). The number of para-hydroxylation sites is 2. The van der Waals surface area contributed by atoms with Crippen LogP contribution < -0.4 is 15.5 Å². The average Bonchev–Trinajstić information content (AvgIpc) is 3.16. The topological polar surface area (TPSA) is 64.6 Å². The van der Waals surface area contributed by atoms with E-state index in [0.717, 1.165) is 30.0 Å². The Hall–Kier alpha value is -2.53. The lowest BCUT2D eigenvalue weighted by Crippen LogP contribution is -2.40. The number of carbonyl (C=O) groups excluding carboxylic acids is 1. The lowest BCUT2D eigenvalue weighted by Gasteiger charge is -2.25. The number of aliphatic hydroxyl groups is 1. The molecule has 1 fully saturated rings. The summed E-state index contributed by atoms with van der Waals surface area (Å²) in [6.45, 7) is 3.86. The van der Waals surface area contributed by atoms with Crippen molar-refractivity contribution in [2.75, 3.05) is 29.9 Å². The molecule has 0 saturated carbocycles. The standard InChI is InChI=1S/C20H25N3O2/c1-20(25,16-9-3-2-4-10-16)15-21-19(24)22-17-11-5-6-12-18(17)23-13-7-8-14-23/h2-6,9-12,25H,7-8,13-15H2,1H3,(H2,21,22,24)/t20-/m1/s1. The molecule has 0 aliphatic carbocycles. The van der Waals surface area contributed by atoms with E-state index in [1.165, 1.54) is 12.8 Å². The van der Waals surface area contributed by atoms with Crippen molar-refractivity contribution >= 4 is 17.4 Å². The van der Waals surface area contributed by atoms with E-state index in [-0.39, 0.29) is 12.6 Å². The Morgan fingerprint density at radius 2 is 1.72 bits per heavy atom. The summed E-state index contributed by atoms with van der Waals surface area (Å²) >= 11 is 0. The summed E-state index contributed by atoms with van der Waals surface area (Å²) in [5.41, 5.74) is 1.49. The highest BCUT2D eigenvalue weighted by atomic mass is 16.3. The van der Waals surface area contributed by atoms with E-state index in [1.807, 2.05) is 54.6 Å². The Kier molecular flexibility index (Phi) is 5.24. The fourth-order valence-corrected chi connectivity index (χ4v) is 3.13. The van der Waals surface area contributed by atoms with Gasteiger partial charge in [-0.3, -0.25) is 0 Å². The van der Waals surface area contributed by atoms with E-state index in [4.69, 9.17) is 0 Å². The Balaban J connectivity index is 1.62. The third kappa shape index (κ3) is 4.31. The van der Waals surface area contributed by atoms with E-state index in [2.05, 4.69) is 15.5 Å². The number of anilines is 2. The van der Waals surface area contributed by atoms with E-state index in [0.29, 0.717) is 0 Å². The number of hydrogen-bond donors (Lipinski definition) is 3. The molecule has 2 aromatic rings. The fourth-order valence-electron chi connectivity index (χ4n) is 3.13. The van der Waals surface area contributed by atoms with E-state index in [1.54, 1.807) is 6.92 Å². The van der Waals surface area contributed by atoms with Crippen molar-refractivity contribution in [1.29, 1.82) is 0 Å². The highest BCUT2D eigenvalue weighted by Gasteiger charge is 2.24. The molecule has 0 aromatic heterocycles. The maximum atomic E-state index is 12.3. The smallest absolute Gasteiger partial charge is 0.319 e. The summed E-state index contributed by atoms with van der Waals surface area (Å²) in [6, 6.07) is 16.9. The van der Waals surface area contributed by atoms with Crippen molar-refractivity contribution < 1.29 is 9.90 Å². The zero-order valence-electron chi connectivity index (χ0n) is 14.5. The van der Waals surface area contributed by atoms with Gasteiger partial charge in [-0.15, -0.1) is 0 Å². The third-order valence-electron chi connectivity index (χ3n) is 4.59. The largest absolute Gasteiger partial charge is 0.384 e. The minimum Gasteiger partial charge on any atom is -0.384 e. The summed E-state index contributed by atoms with van der Waals surface area (Å²) < 4.78 is 0. The minimum absolute atomic E-state index is 0.134. The first-order valence-electron chi connectivity index (χ1n) is 8.73. The van der Waals surface area contributed by atoms with Crippen LogP contribution in [0.4, 0.5) is 16.2 Å². The SMILES string of the molecule is C[C@@](O)(CNC(=O)Nc1ccccc1N1CCCC1)c1ccccc1. The fraction of sp³-hybridized carbons (Fsp3) is 0.350. The second kappa shape index (κ2) is 7.57. The summed E-state index contributed by atoms with van der Waals surface area (Å²) in [6.07, 6.45) is 2.36. The predicted octanol–water partition coefficient (Wildman–Crippen LogP) is 3.32. The van der Waals surface area contributed by atoms with Crippen LogP contribution in [0.5, 0.6) is 0 Å². The van der Waals surface area contributed by atoms with Crippen LogP contribution in [0, 0.1) is 0 Å². The highest BCUT2D eigenvalue weighted by Crippen LogP contribution is 2.28. The van der Waals surface area contributed by atoms with Crippen LogP contribution in [-0.2, 0) is 5.60 Å². The zero-order chi connectivity index (χ0) is 17.7. The zero-order valence-corrected chi connectivity index (χ0v) is 14.5. The molecule has 0 bridgehead atoms. The molecule has 5 heteroatoms. The molecule has 25 heavy (non-hydrogen) atoms. The molecule has 1 aliphatic heterocycles. The second-order valence-electron chi connectivity index (χ2n) is 6.66. The van der Waals surface area contributed by atoms with Crippen LogP contribution in [0.2, 0.25) is 0 Å². The second-order valence-corrected chi connectivity index (χ2v) is 6.66. The quantitative estimate of drug-likeness (QED) is 0.783. The first-order chi connectivity index (χ1) is 12.1. The maximum Gasteiger partial charge on any atom is 0.319 e. The van der Waals surface area contributed by atoms with Crippen molar-refractivity contribution in [1.82, 2.24) is 5.32 Å². The molecule has 0 spiro atoms. The van der Waals surface area contributed by atoms with Gasteiger partial charge in [0.25, 0.3) is 0 Å². The Morgan fingerprint density at radius 1 is 1.08 bits per heavy atom. The number of rotatable bonds is 5. The van der Waals surface area contributed by atoms with Gasteiger partial charge >= 0.3 is 6.03 Å². The number of hydrogen-bond acceptors (Lipinski definition) is 3. The van der Waals surface area contributed by atoms with Crippen molar-refractivity contribution in [2.24, 2.45) is 0 Å². The monoisotopic (exact) mass is 339 g/mol. The molecule has 0 unspecified atom stereocenters. The van der Waals surface area contributed by atoms with E-state index < -0.39 is 5.60 Å². The van der Waals surface area contributed by atoms with Crippen LogP contribution in [0.3, 0.4) is 0 Å². The van der Waals surface area contributed by atoms with Gasteiger partial charge in [0.2, 0.25) is 0 Å². The molecule has 1 saturated heterocycles. The first-order valence-corrected chi connectivity index (χ1v) is 8.73. The highest BCUT2D eigenvalue weighted by molar-refractivity contribution is 5.93. The van der Waals surface area contributed by atoms with Crippen LogP contribution in [0.25, 0.3) is 0 Å². The van der Waals surface area contributed by atoms with Crippen molar-refractivity contribution in [2.45, 2.75) is 25.4 Å². The number of carbonyl (C=O) groups is 1. The average molecular weight is 339 g/mol. The molecule has 3 N–H and O–H groups in total. The molecule has 132 valence electrons. The normalized spacial score (nSPS) is 16.3. The van der Waals surface area contributed by atoms with Crippen LogP contribution >= 0.6 is 0 Å². The Morgan fingerprint density at radius 3 is 2.44 bits per heavy atom. The van der Waals surface area contributed by atoms with Gasteiger partial charge < -0.3 is 20.6 Å². The summed E-state index contributed by atoms with van der Waals surface area (Å²) in [5, 5.41) is 16.3. The molecule has 1 heterocycles. The van der Waals surface area contributed by atoms with Gasteiger partial charge in [-0.25, -0.2) is 4.79 Å². The van der Waals surface area contributed by atoms with Gasteiger partial charge in [-0.1, -0.05) is 42.5 Å². The van der Waals surface area contributed by atoms with E-state index in [9.17, 15) is 9.90 Å². The molecule has 1 atom stereocenters. The van der Waals surface area contributed by atoms with Gasteiger partial charge in [-0.2, -0.15) is 0 Å². The lowest BCUT2D eigenvalue weighted by atomic mass is 9.96. The van der Waals surface area contributed by atoms with Gasteiger partial charge in [0, 0.05) is 13.1 Å². The Labute approximate surface area is 148 Å². The Bertz CT molecular complexity index is 710. The van der Waals surface area contributed by atoms with Crippen LogP contribution in [0.1, 0.15) is 25.3 Å². The number of urea groups is 1. The molecule has 2 aromatic carbocycles. The summed E-state index contributed by atoms with van der Waals surface area (Å²) in [4.78, 5) is 14.6. The van der Waals surface area contributed by atoms with Gasteiger partial charge in [0.1, 0.15) is 5.60 Å². The number of amides is 2. The number of nitrogens with zero attached hydrogens (tertiary/aromatic N) is 1. The third-order valence-corrected chi connectivity index (χ3v) is 4.59. The number of benzene rings is 2. The first kappa shape index (κ1) is 17.3. The summed E-state index contributed by atoms with van der Waals surface area (Å²) in [5.74, 6) is 0. The lowest BCUT2D eigenvalue weighted by molar-refractivity contribution is 0.0599. The molecule has 5 nitrogen and oxygen atoms in total. The van der Waals surface area contributed by atoms with Crippen LogP contribution in [-0.4, -0.2) is 30.8 Å². The molecular formula is C20H25N3O2. The van der Waals surface area contributed by atoms with Crippen molar-refractivity contribution in [3.63, 3.8) is 0 Å². The van der Waals surface area contributed by atoms with Crippen LogP contribution in [0.15, 0.2) is 54.6 Å². The van der Waals surface area contributed by atoms with Crippen molar-refractivity contribution in [3.8, 4) is 0 Å². The van der Waals surface area contributed by atoms with Gasteiger partial charge in [-0.05, 0) is 37.5 Å². The molecule has 0 radical (unpaired) electrons. The number of nitrogens with one attached hydrogen (secondary N) is 2. The van der Waals surface area contributed by atoms with Gasteiger partial charge in [0.15, 0.2) is 0 Å². The minimum atomic E-state index is -1.12. The maximum absolute atomic E-state index is 12.3. The molecular weight excluding hydrogens is 314 g/mol. The van der Waals surface area contributed by atoms with Crippen molar-refractivity contribution in [3.05, 3.63) is 60.2 Å².